The Bertz CT molecular complexity index is 437. The van der Waals surface area contributed by atoms with E-state index in [1.165, 1.54) is 4.31 Å². The van der Waals surface area contributed by atoms with E-state index in [0.717, 1.165) is 6.42 Å². The average Bonchev–Trinajstić information content (AvgIpc) is 2.70. The van der Waals surface area contributed by atoms with Crippen LogP contribution >= 0.6 is 0 Å². The van der Waals surface area contributed by atoms with Crippen molar-refractivity contribution in [3.05, 3.63) is 0 Å². The number of unbranched alkanes of at least 4 members (excludes halogenated alkanes) is 1. The first-order valence-corrected chi connectivity index (χ1v) is 8.43. The molecule has 0 unspecified atom stereocenters. The summed E-state index contributed by atoms with van der Waals surface area (Å²) in [6.07, 6.45) is 1.71. The Kier molecular flexibility index (Phi) is 4.47. The lowest BCUT2D eigenvalue weighted by Crippen LogP contribution is -2.48. The summed E-state index contributed by atoms with van der Waals surface area (Å²) >= 11 is 0. The van der Waals surface area contributed by atoms with Gasteiger partial charge in [0.05, 0.1) is 23.9 Å². The van der Waals surface area contributed by atoms with E-state index in [1.54, 1.807) is 7.05 Å². The molecular formula is C12H22N2O4S. The molecule has 0 aliphatic carbocycles. The molecular weight excluding hydrogens is 268 g/mol. The highest BCUT2D eigenvalue weighted by atomic mass is 32.2. The van der Waals surface area contributed by atoms with Gasteiger partial charge >= 0.3 is 0 Å². The van der Waals surface area contributed by atoms with Crippen LogP contribution in [0.5, 0.6) is 0 Å². The van der Waals surface area contributed by atoms with Crippen molar-refractivity contribution in [1.82, 2.24) is 9.62 Å². The second-order valence-electron chi connectivity index (χ2n) is 5.24. The number of carbonyl (C=O) groups excluding carboxylic acids is 1. The van der Waals surface area contributed by atoms with Crippen LogP contribution in [0.2, 0.25) is 0 Å². The Morgan fingerprint density at radius 3 is 2.79 bits per heavy atom. The largest absolute Gasteiger partial charge is 0.371 e. The number of morpholine rings is 1. The van der Waals surface area contributed by atoms with Gasteiger partial charge in [-0.05, 0) is 12.8 Å². The normalized spacial score (nSPS) is 31.4. The summed E-state index contributed by atoms with van der Waals surface area (Å²) in [6, 6.07) is 0. The number of rotatable bonds is 5. The van der Waals surface area contributed by atoms with Crippen molar-refractivity contribution in [1.29, 1.82) is 0 Å². The Hall–Kier alpha value is -0.660. The van der Waals surface area contributed by atoms with Crippen molar-refractivity contribution in [3.8, 4) is 0 Å². The molecule has 0 aromatic rings. The maximum Gasteiger partial charge on any atom is 0.225 e. The predicted octanol–water partition coefficient (Wildman–Crippen LogP) is -0.0484. The van der Waals surface area contributed by atoms with Crippen molar-refractivity contribution >= 4 is 15.9 Å². The number of hydrogen-bond donors (Lipinski definition) is 1. The number of nitrogens with one attached hydrogen (secondary N) is 1. The van der Waals surface area contributed by atoms with Crippen LogP contribution in [0.25, 0.3) is 0 Å². The number of amides is 1. The maximum atomic E-state index is 12.2. The summed E-state index contributed by atoms with van der Waals surface area (Å²) in [6.45, 7) is 2.66. The lowest BCUT2D eigenvalue weighted by atomic mass is 10.00. The minimum Gasteiger partial charge on any atom is -0.371 e. The van der Waals surface area contributed by atoms with Gasteiger partial charge in [-0.1, -0.05) is 13.3 Å². The first kappa shape index (κ1) is 14.7. The molecule has 1 N–H and O–H groups in total. The fourth-order valence-corrected chi connectivity index (χ4v) is 4.45. The molecule has 0 saturated carbocycles. The topological polar surface area (TPSA) is 75.7 Å². The molecule has 7 heteroatoms. The predicted molar refractivity (Wildman–Crippen MR) is 71.1 cm³/mol. The fourth-order valence-electron chi connectivity index (χ4n) is 2.77. The maximum absolute atomic E-state index is 12.2. The van der Waals surface area contributed by atoms with Gasteiger partial charge in [0.25, 0.3) is 0 Å². The van der Waals surface area contributed by atoms with Crippen LogP contribution in [0.1, 0.15) is 26.2 Å². The van der Waals surface area contributed by atoms with E-state index < -0.39 is 10.0 Å². The molecule has 0 radical (unpaired) electrons. The number of fused-ring (bicyclic) bond motifs is 2. The molecule has 0 aromatic heterocycles. The van der Waals surface area contributed by atoms with Gasteiger partial charge in [-0.25, -0.2) is 8.42 Å². The second-order valence-corrected chi connectivity index (χ2v) is 7.33. The van der Waals surface area contributed by atoms with E-state index in [9.17, 15) is 13.2 Å². The van der Waals surface area contributed by atoms with Crippen molar-refractivity contribution in [2.45, 2.75) is 38.4 Å². The van der Waals surface area contributed by atoms with Gasteiger partial charge in [-0.2, -0.15) is 4.31 Å². The zero-order valence-corrected chi connectivity index (χ0v) is 12.3. The van der Waals surface area contributed by atoms with Crippen molar-refractivity contribution < 1.29 is 17.9 Å². The zero-order valence-electron chi connectivity index (χ0n) is 11.5. The minimum absolute atomic E-state index is 0.0553. The van der Waals surface area contributed by atoms with Crippen molar-refractivity contribution in [3.63, 3.8) is 0 Å². The fraction of sp³-hybridized carbons (Fsp3) is 0.917. The summed E-state index contributed by atoms with van der Waals surface area (Å²) in [5, 5.41) is 2.62. The van der Waals surface area contributed by atoms with Gasteiger partial charge < -0.3 is 10.1 Å². The van der Waals surface area contributed by atoms with Crippen LogP contribution in [0.15, 0.2) is 0 Å². The molecule has 2 aliphatic rings. The van der Waals surface area contributed by atoms with E-state index in [1.807, 2.05) is 6.92 Å². The Morgan fingerprint density at radius 1 is 1.42 bits per heavy atom. The number of nitrogens with zero attached hydrogens (tertiary/aromatic N) is 1. The molecule has 2 fully saturated rings. The molecule has 3 atom stereocenters. The van der Waals surface area contributed by atoms with Gasteiger partial charge in [-0.15, -0.1) is 0 Å². The van der Waals surface area contributed by atoms with Crippen molar-refractivity contribution in [2.24, 2.45) is 5.92 Å². The lowest BCUT2D eigenvalue weighted by Gasteiger charge is -2.31. The number of sulfonamides is 1. The molecule has 2 rings (SSSR count). The highest BCUT2D eigenvalue weighted by Crippen LogP contribution is 2.33. The Labute approximate surface area is 114 Å². The smallest absolute Gasteiger partial charge is 0.225 e. The summed E-state index contributed by atoms with van der Waals surface area (Å²) in [5.74, 6) is -0.0881. The van der Waals surface area contributed by atoms with Gasteiger partial charge in [-0.3, -0.25) is 4.79 Å². The SMILES string of the molecule is CCCCS(=O)(=O)N1C[C@H]2C[C@H](C(=O)NC)[C@@H](C1)O2. The van der Waals surface area contributed by atoms with Crippen molar-refractivity contribution in [2.75, 3.05) is 25.9 Å². The summed E-state index contributed by atoms with van der Waals surface area (Å²) in [4.78, 5) is 11.7. The van der Waals surface area contributed by atoms with E-state index in [0.29, 0.717) is 25.9 Å². The van der Waals surface area contributed by atoms with Crippen LogP contribution in [-0.2, 0) is 19.6 Å². The standard InChI is InChI=1S/C12H22N2O4S/c1-3-4-5-19(16,17)14-7-9-6-10(12(15)13-2)11(8-14)18-9/h9-11H,3-8H2,1-2H3,(H,13,15)/t9-,10+,11-/m1/s1. The van der Waals surface area contributed by atoms with Crippen LogP contribution < -0.4 is 5.32 Å². The molecule has 2 saturated heterocycles. The van der Waals surface area contributed by atoms with Crippen LogP contribution in [0, 0.1) is 5.92 Å². The third-order valence-corrected chi connectivity index (χ3v) is 5.75. The van der Waals surface area contributed by atoms with E-state index in [2.05, 4.69) is 5.32 Å². The summed E-state index contributed by atoms with van der Waals surface area (Å²) in [5.41, 5.74) is 0. The molecule has 2 bridgehead atoms. The van der Waals surface area contributed by atoms with Crippen LogP contribution in [-0.4, -0.2) is 56.7 Å². The molecule has 2 aliphatic heterocycles. The lowest BCUT2D eigenvalue weighted by molar-refractivity contribution is -0.126. The molecule has 19 heavy (non-hydrogen) atoms. The minimum atomic E-state index is -3.21. The van der Waals surface area contributed by atoms with Gasteiger partial charge in [0.15, 0.2) is 0 Å². The third-order valence-electron chi connectivity index (χ3n) is 3.86. The molecule has 110 valence electrons. The average molecular weight is 290 g/mol. The monoisotopic (exact) mass is 290 g/mol. The van der Waals surface area contributed by atoms with Gasteiger partial charge in [0, 0.05) is 20.1 Å². The third kappa shape index (κ3) is 3.09. The summed E-state index contributed by atoms with van der Waals surface area (Å²) in [7, 11) is -1.61. The Morgan fingerprint density at radius 2 is 2.16 bits per heavy atom. The highest BCUT2D eigenvalue weighted by molar-refractivity contribution is 7.89. The van der Waals surface area contributed by atoms with Gasteiger partial charge in [0.2, 0.25) is 15.9 Å². The number of ether oxygens (including phenoxy) is 1. The quantitative estimate of drug-likeness (QED) is 0.770. The van der Waals surface area contributed by atoms with Crippen LogP contribution in [0.3, 0.4) is 0 Å². The first-order valence-electron chi connectivity index (χ1n) is 6.82. The molecule has 2 heterocycles. The first-order chi connectivity index (χ1) is 8.97. The van der Waals surface area contributed by atoms with Gasteiger partial charge in [0.1, 0.15) is 0 Å². The van der Waals surface area contributed by atoms with E-state index in [4.69, 9.17) is 4.74 Å². The van der Waals surface area contributed by atoms with Crippen LogP contribution in [0.4, 0.5) is 0 Å². The molecule has 1 amide bonds. The number of hydrogen-bond acceptors (Lipinski definition) is 4. The summed E-state index contributed by atoms with van der Waals surface area (Å²) < 4.78 is 31.6. The number of carbonyl (C=O) groups is 1. The second kappa shape index (κ2) is 5.76. The highest BCUT2D eigenvalue weighted by Gasteiger charge is 2.46. The Balaban J connectivity index is 2.04. The van der Waals surface area contributed by atoms with E-state index >= 15 is 0 Å². The van der Waals surface area contributed by atoms with E-state index in [-0.39, 0.29) is 29.8 Å². The molecule has 6 nitrogen and oxygen atoms in total. The molecule has 0 spiro atoms. The zero-order chi connectivity index (χ0) is 14.0. The molecule has 0 aromatic carbocycles.